The number of aromatic nitrogens is 2. The van der Waals surface area contributed by atoms with Crippen LogP contribution in [0.15, 0.2) is 35.5 Å². The smallest absolute Gasteiger partial charge is 0.374 e. The minimum absolute atomic E-state index is 0.110. The fourth-order valence-electron chi connectivity index (χ4n) is 1.51. The van der Waals surface area contributed by atoms with Gasteiger partial charge in [-0.15, -0.1) is 11.8 Å². The second-order valence-electron chi connectivity index (χ2n) is 3.53. The molecule has 0 aliphatic rings. The van der Waals surface area contributed by atoms with Crippen LogP contribution in [0.4, 0.5) is 11.5 Å². The van der Waals surface area contributed by atoms with Gasteiger partial charge in [0.1, 0.15) is 12.1 Å². The van der Waals surface area contributed by atoms with Crippen LogP contribution < -0.4 is 16.0 Å². The van der Waals surface area contributed by atoms with Crippen molar-refractivity contribution in [3.8, 4) is 11.6 Å². The Morgan fingerprint density at radius 1 is 1.40 bits per heavy atom. The third kappa shape index (κ3) is 2.78. The Hall–Kier alpha value is -2.39. The highest BCUT2D eigenvalue weighted by atomic mass is 32.2. The lowest BCUT2D eigenvalue weighted by molar-refractivity contribution is -0.385. The third-order valence-electron chi connectivity index (χ3n) is 2.38. The number of nitrogens with zero attached hydrogens (tertiary/aromatic N) is 3. The van der Waals surface area contributed by atoms with Gasteiger partial charge in [-0.3, -0.25) is 10.1 Å². The van der Waals surface area contributed by atoms with Gasteiger partial charge in [0.15, 0.2) is 0 Å². The summed E-state index contributed by atoms with van der Waals surface area (Å²) in [5.74, 6) is 5.40. The van der Waals surface area contributed by atoms with Crippen LogP contribution in [0.2, 0.25) is 0 Å². The highest BCUT2D eigenvalue weighted by Crippen LogP contribution is 2.36. The van der Waals surface area contributed by atoms with E-state index >= 15 is 0 Å². The van der Waals surface area contributed by atoms with Crippen LogP contribution in [0.5, 0.6) is 11.6 Å². The summed E-state index contributed by atoms with van der Waals surface area (Å²) in [5.41, 5.74) is 1.74. The quantitative estimate of drug-likeness (QED) is 0.373. The topological polar surface area (TPSA) is 116 Å². The first kappa shape index (κ1) is 14.0. The first-order valence-electron chi connectivity index (χ1n) is 5.44. The number of rotatable bonds is 5. The molecule has 104 valence electrons. The standard InChI is InChI=1S/C11H11N5O3S/c1-20-8-5-3-2-4-7(8)19-11-9(16(17)18)10(15-12)13-6-14-11/h2-6H,12H2,1H3,(H,13,14,15). The maximum atomic E-state index is 11.1. The van der Waals surface area contributed by atoms with E-state index in [1.54, 1.807) is 12.1 Å². The number of ether oxygens (including phenoxy) is 1. The number of para-hydroxylation sites is 1. The summed E-state index contributed by atoms with van der Waals surface area (Å²) < 4.78 is 5.53. The van der Waals surface area contributed by atoms with Gasteiger partial charge in [0.2, 0.25) is 5.82 Å². The van der Waals surface area contributed by atoms with E-state index < -0.39 is 10.6 Å². The molecule has 1 heterocycles. The van der Waals surface area contributed by atoms with Crippen LogP contribution in [0.25, 0.3) is 0 Å². The van der Waals surface area contributed by atoms with Crippen molar-refractivity contribution in [1.29, 1.82) is 0 Å². The Kier molecular flexibility index (Phi) is 4.33. The SMILES string of the molecule is CSc1ccccc1Oc1ncnc(NN)c1[N+](=O)[O-]. The molecule has 0 aliphatic carbocycles. The highest BCUT2D eigenvalue weighted by molar-refractivity contribution is 7.98. The van der Waals surface area contributed by atoms with Crippen molar-refractivity contribution < 1.29 is 9.66 Å². The zero-order valence-electron chi connectivity index (χ0n) is 10.4. The fraction of sp³-hybridized carbons (Fsp3) is 0.0909. The van der Waals surface area contributed by atoms with Crippen LogP contribution in [-0.2, 0) is 0 Å². The molecule has 0 unspecified atom stereocenters. The van der Waals surface area contributed by atoms with E-state index in [1.807, 2.05) is 18.4 Å². The Balaban J connectivity index is 2.46. The molecule has 20 heavy (non-hydrogen) atoms. The zero-order chi connectivity index (χ0) is 14.5. The maximum Gasteiger partial charge on any atom is 0.374 e. The summed E-state index contributed by atoms with van der Waals surface area (Å²) in [4.78, 5) is 18.8. The van der Waals surface area contributed by atoms with Crippen molar-refractivity contribution in [1.82, 2.24) is 9.97 Å². The predicted molar refractivity (Wildman–Crippen MR) is 74.8 cm³/mol. The lowest BCUT2D eigenvalue weighted by atomic mass is 10.3. The molecule has 0 fully saturated rings. The van der Waals surface area contributed by atoms with Gasteiger partial charge < -0.3 is 10.2 Å². The summed E-state index contributed by atoms with van der Waals surface area (Å²) >= 11 is 1.46. The fourth-order valence-corrected chi connectivity index (χ4v) is 2.04. The lowest BCUT2D eigenvalue weighted by Crippen LogP contribution is -2.12. The van der Waals surface area contributed by atoms with Gasteiger partial charge in [0.05, 0.1) is 4.92 Å². The summed E-state index contributed by atoms with van der Waals surface area (Å²) in [7, 11) is 0. The number of nitrogens with one attached hydrogen (secondary N) is 1. The van der Waals surface area contributed by atoms with Crippen molar-refractivity contribution in [3.05, 3.63) is 40.7 Å². The van der Waals surface area contributed by atoms with Gasteiger partial charge in [-0.25, -0.2) is 10.8 Å². The van der Waals surface area contributed by atoms with Gasteiger partial charge in [-0.1, -0.05) is 12.1 Å². The van der Waals surface area contributed by atoms with Crippen LogP contribution in [0.3, 0.4) is 0 Å². The Morgan fingerprint density at radius 2 is 2.15 bits per heavy atom. The Bertz CT molecular complexity index is 637. The number of hydrogen-bond acceptors (Lipinski definition) is 8. The summed E-state index contributed by atoms with van der Waals surface area (Å²) in [6, 6.07) is 7.16. The first-order chi connectivity index (χ1) is 9.67. The molecular formula is C11H11N5O3S. The van der Waals surface area contributed by atoms with Crippen LogP contribution in [-0.4, -0.2) is 21.1 Å². The zero-order valence-corrected chi connectivity index (χ0v) is 11.3. The number of nitro groups is 1. The Labute approximate surface area is 118 Å². The normalized spacial score (nSPS) is 10.1. The molecule has 0 amide bonds. The van der Waals surface area contributed by atoms with Crippen molar-refractivity contribution in [2.45, 2.75) is 4.90 Å². The summed E-state index contributed by atoms with van der Waals surface area (Å²) in [5, 5.41) is 11.1. The monoisotopic (exact) mass is 293 g/mol. The van der Waals surface area contributed by atoms with E-state index in [9.17, 15) is 10.1 Å². The van der Waals surface area contributed by atoms with Gasteiger partial charge in [0, 0.05) is 4.90 Å². The van der Waals surface area contributed by atoms with Crippen LogP contribution in [0.1, 0.15) is 0 Å². The molecular weight excluding hydrogens is 282 g/mol. The number of nitrogen functional groups attached to an aromatic ring is 1. The van der Waals surface area contributed by atoms with Crippen LogP contribution >= 0.6 is 11.8 Å². The highest BCUT2D eigenvalue weighted by Gasteiger charge is 2.25. The Morgan fingerprint density at radius 3 is 2.80 bits per heavy atom. The van der Waals surface area contributed by atoms with E-state index in [-0.39, 0.29) is 11.7 Å². The molecule has 1 aromatic heterocycles. The molecule has 0 saturated heterocycles. The number of hydrogen-bond donors (Lipinski definition) is 2. The van der Waals surface area contributed by atoms with Gasteiger partial charge in [-0.05, 0) is 18.4 Å². The van der Waals surface area contributed by atoms with Crippen molar-refractivity contribution in [2.24, 2.45) is 5.84 Å². The molecule has 0 saturated carbocycles. The summed E-state index contributed by atoms with van der Waals surface area (Å²) in [6.45, 7) is 0. The van der Waals surface area contributed by atoms with Crippen molar-refractivity contribution >= 4 is 23.3 Å². The average molecular weight is 293 g/mol. The molecule has 9 heteroatoms. The minimum atomic E-state index is -0.647. The number of benzene rings is 1. The number of nitrogens with two attached hydrogens (primary N) is 1. The molecule has 0 spiro atoms. The van der Waals surface area contributed by atoms with E-state index in [1.165, 1.54) is 11.8 Å². The summed E-state index contributed by atoms with van der Waals surface area (Å²) in [6.07, 6.45) is 3.02. The molecule has 1 aromatic carbocycles. The van der Waals surface area contributed by atoms with Gasteiger partial charge >= 0.3 is 11.6 Å². The van der Waals surface area contributed by atoms with E-state index in [4.69, 9.17) is 10.6 Å². The molecule has 2 aromatic rings. The van der Waals surface area contributed by atoms with Gasteiger partial charge in [0.25, 0.3) is 0 Å². The van der Waals surface area contributed by atoms with E-state index in [0.29, 0.717) is 5.75 Å². The maximum absolute atomic E-state index is 11.1. The van der Waals surface area contributed by atoms with Crippen LogP contribution in [0, 0.1) is 10.1 Å². The van der Waals surface area contributed by atoms with Gasteiger partial charge in [-0.2, -0.15) is 4.98 Å². The van der Waals surface area contributed by atoms with Crippen molar-refractivity contribution in [2.75, 3.05) is 11.7 Å². The molecule has 2 rings (SSSR count). The second kappa shape index (κ2) is 6.17. The molecule has 8 nitrogen and oxygen atoms in total. The van der Waals surface area contributed by atoms with E-state index in [0.717, 1.165) is 11.2 Å². The number of anilines is 1. The first-order valence-corrected chi connectivity index (χ1v) is 6.66. The predicted octanol–water partition coefficient (Wildman–Crippen LogP) is 2.18. The van der Waals surface area contributed by atoms with Crippen molar-refractivity contribution in [3.63, 3.8) is 0 Å². The average Bonchev–Trinajstić information content (AvgIpc) is 2.47. The molecule has 0 radical (unpaired) electrons. The lowest BCUT2D eigenvalue weighted by Gasteiger charge is -2.09. The number of hydrazine groups is 1. The largest absolute Gasteiger partial charge is 0.432 e. The molecule has 3 N–H and O–H groups in total. The third-order valence-corrected chi connectivity index (χ3v) is 3.16. The molecule has 0 aliphatic heterocycles. The minimum Gasteiger partial charge on any atom is -0.432 e. The molecule has 0 atom stereocenters. The number of thioether (sulfide) groups is 1. The second-order valence-corrected chi connectivity index (χ2v) is 4.38. The van der Waals surface area contributed by atoms with E-state index in [2.05, 4.69) is 15.4 Å². The molecule has 0 bridgehead atoms.